The lowest BCUT2D eigenvalue weighted by Crippen LogP contribution is -2.14. The second kappa shape index (κ2) is 7.83. The molecule has 0 unspecified atom stereocenters. The molecule has 0 bridgehead atoms. The quantitative estimate of drug-likeness (QED) is 0.385. The minimum atomic E-state index is -2.52. The fourth-order valence-corrected chi connectivity index (χ4v) is 4.51. The van der Waals surface area contributed by atoms with Crippen molar-refractivity contribution in [2.45, 2.75) is 12.5 Å². The van der Waals surface area contributed by atoms with Crippen LogP contribution in [0.5, 0.6) is 0 Å². The van der Waals surface area contributed by atoms with Crippen molar-refractivity contribution in [3.63, 3.8) is 0 Å². The van der Waals surface area contributed by atoms with Crippen LogP contribution in [0.2, 0.25) is 0 Å². The van der Waals surface area contributed by atoms with E-state index in [0.717, 1.165) is 14.4 Å². The predicted molar refractivity (Wildman–Crippen MR) is 84.1 cm³/mol. The van der Waals surface area contributed by atoms with Crippen molar-refractivity contribution in [1.82, 2.24) is 4.72 Å². The summed E-state index contributed by atoms with van der Waals surface area (Å²) in [6.45, 7) is 0.388. The standard InChI is InChI=1S/C10H13I2NO2S/c11-5-9(6-12)10-4-2-1-3-8(10)7-13-16(14)15/h1-4,9,16H,5-7H2,(H,13,14,15). The highest BCUT2D eigenvalue weighted by atomic mass is 127. The van der Waals surface area contributed by atoms with Gasteiger partial charge >= 0.3 is 0 Å². The van der Waals surface area contributed by atoms with Gasteiger partial charge in [0.25, 0.3) is 0 Å². The Balaban J connectivity index is 2.90. The first-order valence-corrected chi connectivity index (χ1v) is 8.99. The Bertz CT molecular complexity index is 398. The van der Waals surface area contributed by atoms with Gasteiger partial charge in [-0.3, -0.25) is 0 Å². The van der Waals surface area contributed by atoms with Gasteiger partial charge in [-0.15, -0.1) is 0 Å². The van der Waals surface area contributed by atoms with Crippen LogP contribution < -0.4 is 4.72 Å². The van der Waals surface area contributed by atoms with Crippen LogP contribution >= 0.6 is 45.2 Å². The van der Waals surface area contributed by atoms with Gasteiger partial charge in [-0.25, -0.2) is 13.1 Å². The lowest BCUT2D eigenvalue weighted by Gasteiger charge is -2.15. The largest absolute Gasteiger partial charge is 0.216 e. The van der Waals surface area contributed by atoms with E-state index in [1.54, 1.807) is 0 Å². The van der Waals surface area contributed by atoms with Crippen LogP contribution in [0.1, 0.15) is 17.0 Å². The molecule has 0 aromatic heterocycles. The molecule has 0 saturated heterocycles. The Morgan fingerprint density at radius 3 is 2.38 bits per heavy atom. The molecule has 0 heterocycles. The summed E-state index contributed by atoms with van der Waals surface area (Å²) in [6.07, 6.45) is 0. The molecule has 1 aromatic carbocycles. The van der Waals surface area contributed by atoms with Crippen molar-refractivity contribution >= 4 is 56.1 Å². The first kappa shape index (κ1) is 14.7. The van der Waals surface area contributed by atoms with Gasteiger partial charge in [-0.1, -0.05) is 69.4 Å². The molecule has 0 saturated carbocycles. The third-order valence-corrected chi connectivity index (χ3v) is 4.81. The van der Waals surface area contributed by atoms with E-state index in [0.29, 0.717) is 12.5 Å². The lowest BCUT2D eigenvalue weighted by atomic mass is 9.97. The van der Waals surface area contributed by atoms with E-state index in [9.17, 15) is 8.42 Å². The van der Waals surface area contributed by atoms with Crippen molar-refractivity contribution < 1.29 is 8.42 Å². The molecule has 1 rings (SSSR count). The summed E-state index contributed by atoms with van der Waals surface area (Å²) in [6, 6.07) is 8.00. The number of rotatable bonds is 6. The summed E-state index contributed by atoms with van der Waals surface area (Å²) in [5.41, 5.74) is 2.32. The molecule has 0 amide bonds. The Kier molecular flexibility index (Phi) is 7.17. The van der Waals surface area contributed by atoms with Crippen LogP contribution in [0, 0.1) is 0 Å². The van der Waals surface area contributed by atoms with E-state index < -0.39 is 10.9 Å². The smallest absolute Gasteiger partial charge is 0.201 e. The van der Waals surface area contributed by atoms with E-state index >= 15 is 0 Å². The molecule has 0 spiro atoms. The van der Waals surface area contributed by atoms with Crippen molar-refractivity contribution in [3.8, 4) is 0 Å². The van der Waals surface area contributed by atoms with Crippen LogP contribution in [0.15, 0.2) is 24.3 Å². The Hall–Kier alpha value is 0.590. The molecule has 0 aliphatic heterocycles. The maximum absolute atomic E-state index is 10.5. The minimum Gasteiger partial charge on any atom is -0.216 e. The SMILES string of the molecule is O=[SH](=O)NCc1ccccc1C(CI)CI. The monoisotopic (exact) mass is 465 g/mol. The Morgan fingerprint density at radius 2 is 1.81 bits per heavy atom. The molecule has 0 fully saturated rings. The minimum absolute atomic E-state index is 0.388. The highest BCUT2D eigenvalue weighted by molar-refractivity contribution is 14.1. The van der Waals surface area contributed by atoms with Crippen LogP contribution in [0.4, 0.5) is 0 Å². The Labute approximate surface area is 125 Å². The summed E-state index contributed by atoms with van der Waals surface area (Å²) in [7, 11) is -2.52. The van der Waals surface area contributed by atoms with E-state index in [1.165, 1.54) is 5.56 Å². The van der Waals surface area contributed by atoms with Crippen LogP contribution in [0.25, 0.3) is 0 Å². The summed E-state index contributed by atoms with van der Waals surface area (Å²) in [4.78, 5) is 0. The third kappa shape index (κ3) is 4.46. The van der Waals surface area contributed by atoms with Gasteiger partial charge in [0.05, 0.1) is 0 Å². The second-order valence-corrected chi connectivity index (χ2v) is 5.89. The number of thiol groups is 1. The number of benzene rings is 1. The van der Waals surface area contributed by atoms with Gasteiger partial charge < -0.3 is 0 Å². The first-order chi connectivity index (χ1) is 7.69. The molecule has 1 N–H and O–H groups in total. The molecule has 0 atom stereocenters. The first-order valence-electron chi connectivity index (χ1n) is 4.76. The number of hydrogen-bond acceptors (Lipinski definition) is 2. The van der Waals surface area contributed by atoms with E-state index in [-0.39, 0.29) is 0 Å². The normalized spacial score (nSPS) is 11.2. The fourth-order valence-electron chi connectivity index (χ4n) is 1.45. The summed E-state index contributed by atoms with van der Waals surface area (Å²) in [5.74, 6) is 0.490. The Morgan fingerprint density at radius 1 is 1.19 bits per heavy atom. The average Bonchev–Trinajstić information content (AvgIpc) is 2.29. The van der Waals surface area contributed by atoms with Crippen LogP contribution in [-0.4, -0.2) is 17.3 Å². The summed E-state index contributed by atoms with van der Waals surface area (Å²) in [5, 5.41) is 0. The van der Waals surface area contributed by atoms with Gasteiger partial charge in [0.15, 0.2) is 0 Å². The third-order valence-electron chi connectivity index (χ3n) is 2.27. The zero-order valence-electron chi connectivity index (χ0n) is 8.53. The number of nitrogens with one attached hydrogen (secondary N) is 1. The molecule has 1 aromatic rings. The van der Waals surface area contributed by atoms with Gasteiger partial charge in [-0.2, -0.15) is 0 Å². The average molecular weight is 465 g/mol. The van der Waals surface area contributed by atoms with Gasteiger partial charge in [-0.05, 0) is 11.1 Å². The van der Waals surface area contributed by atoms with E-state index in [2.05, 4.69) is 56.0 Å². The molecular formula is C10H13I2NO2S. The fraction of sp³-hybridized carbons (Fsp3) is 0.400. The van der Waals surface area contributed by atoms with Crippen LogP contribution in [-0.2, 0) is 17.4 Å². The topological polar surface area (TPSA) is 46.2 Å². The molecular weight excluding hydrogens is 452 g/mol. The molecule has 3 nitrogen and oxygen atoms in total. The highest BCUT2D eigenvalue weighted by Gasteiger charge is 2.12. The van der Waals surface area contributed by atoms with Gasteiger partial charge in [0.1, 0.15) is 0 Å². The van der Waals surface area contributed by atoms with Crippen molar-refractivity contribution in [3.05, 3.63) is 35.4 Å². The zero-order chi connectivity index (χ0) is 12.0. The number of alkyl halides is 2. The molecule has 90 valence electrons. The highest BCUT2D eigenvalue weighted by Crippen LogP contribution is 2.24. The maximum atomic E-state index is 10.5. The summed E-state index contributed by atoms with van der Waals surface area (Å²) >= 11 is 4.73. The van der Waals surface area contributed by atoms with Crippen molar-refractivity contribution in [1.29, 1.82) is 0 Å². The van der Waals surface area contributed by atoms with E-state index in [4.69, 9.17) is 0 Å². The van der Waals surface area contributed by atoms with Gasteiger partial charge in [0, 0.05) is 21.3 Å². The predicted octanol–water partition coefficient (Wildman–Crippen LogP) is 2.26. The summed E-state index contributed by atoms with van der Waals surface area (Å²) < 4.78 is 25.6. The second-order valence-electron chi connectivity index (χ2n) is 3.30. The molecule has 0 aliphatic rings. The van der Waals surface area contributed by atoms with Crippen LogP contribution in [0.3, 0.4) is 0 Å². The lowest BCUT2D eigenvalue weighted by molar-refractivity contribution is 0.601. The zero-order valence-corrected chi connectivity index (χ0v) is 13.7. The molecule has 0 radical (unpaired) electrons. The number of halogens is 2. The van der Waals surface area contributed by atoms with Crippen molar-refractivity contribution in [2.24, 2.45) is 0 Å². The van der Waals surface area contributed by atoms with Gasteiger partial charge in [0.2, 0.25) is 10.9 Å². The van der Waals surface area contributed by atoms with Crippen molar-refractivity contribution in [2.75, 3.05) is 8.86 Å². The molecule has 6 heteroatoms. The van der Waals surface area contributed by atoms with E-state index in [1.807, 2.05) is 18.2 Å². The number of hydrogen-bond donors (Lipinski definition) is 2. The molecule has 0 aliphatic carbocycles. The maximum Gasteiger partial charge on any atom is 0.201 e. The molecule has 16 heavy (non-hydrogen) atoms.